The third-order valence-corrected chi connectivity index (χ3v) is 9.87. The fourth-order valence-electron chi connectivity index (χ4n) is 6.94. The number of anilines is 1. The van der Waals surface area contributed by atoms with Crippen molar-refractivity contribution in [1.29, 1.82) is 0 Å². The standard InChI is InChI=1S/C39H51N7O5/c1-3-32-30(36(43-27-17-20-51-21-18-27)31-23-42-46(4-2)38(31)44-32)22-41-39(50)26-11-9-25(10-12-26)8-6-5-7-19-40-24-34(48)28-13-15-33(47)37-29(28)14-16-35(49)45-37/h9-16,23,27,34,39-41,47-48,50H,3-8,17-22,24H2,1-2H3,(H,43,44)(H,45,49). The maximum atomic E-state index is 11.7. The van der Waals surface area contributed by atoms with Gasteiger partial charge in [0.25, 0.3) is 0 Å². The van der Waals surface area contributed by atoms with Gasteiger partial charge in [-0.1, -0.05) is 43.7 Å². The average Bonchev–Trinajstić information content (AvgIpc) is 3.57. The van der Waals surface area contributed by atoms with Crippen molar-refractivity contribution in [3.63, 3.8) is 0 Å². The number of rotatable bonds is 17. The summed E-state index contributed by atoms with van der Waals surface area (Å²) in [6, 6.07) is 14.7. The zero-order chi connectivity index (χ0) is 35.7. The molecular formula is C39H51N7O5. The molecule has 1 fully saturated rings. The number of hydrogen-bond donors (Lipinski definition) is 7. The molecule has 12 heteroatoms. The summed E-state index contributed by atoms with van der Waals surface area (Å²) in [4.78, 5) is 19.3. The molecule has 2 atom stereocenters. The van der Waals surface area contributed by atoms with Crippen LogP contribution in [0.4, 0.5) is 5.69 Å². The lowest BCUT2D eigenvalue weighted by Crippen LogP contribution is -2.29. The van der Waals surface area contributed by atoms with Crippen molar-refractivity contribution in [2.45, 2.75) is 90.3 Å². The van der Waals surface area contributed by atoms with Gasteiger partial charge in [0.2, 0.25) is 5.56 Å². The first-order chi connectivity index (χ1) is 24.9. The summed E-state index contributed by atoms with van der Waals surface area (Å²) >= 11 is 0. The van der Waals surface area contributed by atoms with Gasteiger partial charge in [-0.05, 0) is 80.8 Å². The first kappa shape index (κ1) is 36.5. The molecule has 12 nitrogen and oxygen atoms in total. The predicted octanol–water partition coefficient (Wildman–Crippen LogP) is 4.97. The number of hydrogen-bond acceptors (Lipinski definition) is 10. The fourth-order valence-corrected chi connectivity index (χ4v) is 6.94. The van der Waals surface area contributed by atoms with Gasteiger partial charge in [-0.15, -0.1) is 0 Å². The van der Waals surface area contributed by atoms with Crippen LogP contribution in [0, 0.1) is 0 Å². The van der Waals surface area contributed by atoms with E-state index < -0.39 is 12.3 Å². The second-order valence-electron chi connectivity index (χ2n) is 13.3. The molecule has 3 aromatic heterocycles. The van der Waals surface area contributed by atoms with E-state index in [0.717, 1.165) is 105 Å². The smallest absolute Gasteiger partial charge is 0.248 e. The number of aryl methyl sites for hydroxylation is 3. The van der Waals surface area contributed by atoms with Crippen molar-refractivity contribution in [2.75, 3.05) is 31.6 Å². The fraction of sp³-hybridized carbons (Fsp3) is 0.462. The van der Waals surface area contributed by atoms with Crippen LogP contribution in [0.3, 0.4) is 0 Å². The molecule has 2 aromatic carbocycles. The number of phenolic OH excluding ortho intramolecular Hbond substituents is 1. The van der Waals surface area contributed by atoms with Crippen molar-refractivity contribution in [3.8, 4) is 5.75 Å². The molecule has 2 unspecified atom stereocenters. The molecule has 4 heterocycles. The largest absolute Gasteiger partial charge is 0.506 e. The number of aliphatic hydroxyl groups excluding tert-OH is 2. The molecule has 6 rings (SSSR count). The lowest BCUT2D eigenvalue weighted by molar-refractivity contribution is 0.0904. The second-order valence-corrected chi connectivity index (χ2v) is 13.3. The van der Waals surface area contributed by atoms with Crippen molar-refractivity contribution in [3.05, 3.63) is 93.0 Å². The number of aromatic hydroxyl groups is 1. The molecule has 0 amide bonds. The van der Waals surface area contributed by atoms with E-state index >= 15 is 0 Å². The van der Waals surface area contributed by atoms with Crippen LogP contribution in [0.15, 0.2) is 59.5 Å². The maximum absolute atomic E-state index is 11.7. The summed E-state index contributed by atoms with van der Waals surface area (Å²) < 4.78 is 7.54. The van der Waals surface area contributed by atoms with Crippen molar-refractivity contribution >= 4 is 27.6 Å². The van der Waals surface area contributed by atoms with E-state index in [1.165, 1.54) is 17.7 Å². The van der Waals surface area contributed by atoms with Crippen molar-refractivity contribution < 1.29 is 20.1 Å². The number of nitrogens with zero attached hydrogens (tertiary/aromatic N) is 3. The van der Waals surface area contributed by atoms with Crippen molar-refractivity contribution in [2.24, 2.45) is 0 Å². The highest BCUT2D eigenvalue weighted by Crippen LogP contribution is 2.32. The SMILES string of the molecule is CCc1nc2c(cnn2CC)c(NC2CCOCC2)c1CNC(O)c1ccc(CCCCCNCC(O)c2ccc(O)c3[nH]c(=O)ccc23)cc1. The molecule has 1 aliphatic heterocycles. The van der Waals surface area contributed by atoms with Crippen LogP contribution in [0.2, 0.25) is 0 Å². The minimum Gasteiger partial charge on any atom is -0.506 e. The van der Waals surface area contributed by atoms with E-state index in [-0.39, 0.29) is 11.3 Å². The molecule has 0 radical (unpaired) electrons. The van der Waals surface area contributed by atoms with Gasteiger partial charge in [0.15, 0.2) is 5.65 Å². The Balaban J connectivity index is 0.973. The normalized spacial score (nSPS) is 15.1. The first-order valence-electron chi connectivity index (χ1n) is 18.3. The Morgan fingerprint density at radius 2 is 1.80 bits per heavy atom. The third-order valence-electron chi connectivity index (χ3n) is 9.87. The van der Waals surface area contributed by atoms with E-state index in [2.05, 4.69) is 52.0 Å². The van der Waals surface area contributed by atoms with Crippen LogP contribution in [0.5, 0.6) is 5.75 Å². The predicted molar refractivity (Wildman–Crippen MR) is 200 cm³/mol. The second kappa shape index (κ2) is 17.3. The van der Waals surface area contributed by atoms with Gasteiger partial charge in [-0.2, -0.15) is 5.10 Å². The monoisotopic (exact) mass is 697 g/mol. The lowest BCUT2D eigenvalue weighted by atomic mass is 10.0. The molecule has 0 saturated carbocycles. The number of fused-ring (bicyclic) bond motifs is 2. The Morgan fingerprint density at radius 1 is 1.00 bits per heavy atom. The van der Waals surface area contributed by atoms with Gasteiger partial charge in [-0.3, -0.25) is 10.1 Å². The highest BCUT2D eigenvalue weighted by molar-refractivity contribution is 5.91. The van der Waals surface area contributed by atoms with Crippen LogP contribution < -0.4 is 21.5 Å². The van der Waals surface area contributed by atoms with Gasteiger partial charge in [-0.25, -0.2) is 9.67 Å². The van der Waals surface area contributed by atoms with Crippen LogP contribution >= 0.6 is 0 Å². The van der Waals surface area contributed by atoms with Gasteiger partial charge >= 0.3 is 0 Å². The van der Waals surface area contributed by atoms with E-state index in [4.69, 9.17) is 9.72 Å². The topological polar surface area (TPSA) is 170 Å². The number of benzene rings is 2. The Kier molecular flexibility index (Phi) is 12.3. The summed E-state index contributed by atoms with van der Waals surface area (Å²) in [6.07, 6.45) is 6.97. The number of H-pyrrole nitrogens is 1. The maximum Gasteiger partial charge on any atom is 0.248 e. The number of nitrogens with one attached hydrogen (secondary N) is 4. The minimum absolute atomic E-state index is 0.0179. The molecule has 0 spiro atoms. The lowest BCUT2D eigenvalue weighted by Gasteiger charge is -2.27. The number of phenols is 1. The molecule has 5 aromatic rings. The summed E-state index contributed by atoms with van der Waals surface area (Å²) in [5, 5.41) is 48.7. The number of aliphatic hydroxyl groups is 2. The van der Waals surface area contributed by atoms with Gasteiger partial charge < -0.3 is 35.7 Å². The Bertz CT molecular complexity index is 1950. The van der Waals surface area contributed by atoms with E-state index in [1.54, 1.807) is 12.1 Å². The summed E-state index contributed by atoms with van der Waals surface area (Å²) in [5.74, 6) is -0.0179. The van der Waals surface area contributed by atoms with Crippen molar-refractivity contribution in [1.82, 2.24) is 30.4 Å². The zero-order valence-electron chi connectivity index (χ0n) is 29.6. The highest BCUT2D eigenvalue weighted by atomic mass is 16.5. The highest BCUT2D eigenvalue weighted by Gasteiger charge is 2.22. The van der Waals surface area contributed by atoms with Crippen LogP contribution in [0.25, 0.3) is 21.9 Å². The van der Waals surface area contributed by atoms with E-state index in [1.807, 2.05) is 23.0 Å². The minimum atomic E-state index is -0.822. The average molecular weight is 698 g/mol. The molecular weight excluding hydrogens is 646 g/mol. The number of aromatic amines is 1. The van der Waals surface area contributed by atoms with E-state index in [0.29, 0.717) is 35.6 Å². The van der Waals surface area contributed by atoms with Gasteiger partial charge in [0.05, 0.1) is 28.9 Å². The molecule has 0 aliphatic carbocycles. The first-order valence-corrected chi connectivity index (χ1v) is 18.3. The zero-order valence-corrected chi connectivity index (χ0v) is 29.6. The Labute approximate surface area is 298 Å². The van der Waals surface area contributed by atoms with Crippen LogP contribution in [-0.4, -0.2) is 67.4 Å². The van der Waals surface area contributed by atoms with Crippen LogP contribution in [0.1, 0.15) is 86.2 Å². The summed E-state index contributed by atoms with van der Waals surface area (Å²) in [6.45, 7) is 8.05. The molecule has 0 bridgehead atoms. The molecule has 1 saturated heterocycles. The Morgan fingerprint density at radius 3 is 2.57 bits per heavy atom. The molecule has 272 valence electrons. The van der Waals surface area contributed by atoms with Gasteiger partial charge in [0.1, 0.15) is 12.0 Å². The number of pyridine rings is 2. The Hall–Kier alpha value is -4.33. The molecule has 1 aliphatic rings. The quantitative estimate of drug-likeness (QED) is 0.0521. The molecule has 51 heavy (non-hydrogen) atoms. The number of unbranched alkanes of at least 4 members (excludes halogenated alkanes) is 2. The van der Waals surface area contributed by atoms with Crippen LogP contribution in [-0.2, 0) is 30.7 Å². The summed E-state index contributed by atoms with van der Waals surface area (Å²) in [7, 11) is 0. The third kappa shape index (κ3) is 8.77. The summed E-state index contributed by atoms with van der Waals surface area (Å²) in [5.41, 5.74) is 6.75. The molecule has 7 N–H and O–H groups in total. The number of aromatic nitrogens is 4. The van der Waals surface area contributed by atoms with E-state index in [9.17, 15) is 20.1 Å². The van der Waals surface area contributed by atoms with Gasteiger partial charge in [0, 0.05) is 61.6 Å². The number of ether oxygens (including phenoxy) is 1.